The standard InChI is InChI=1S/C14H13BrN2O2/c15-11-6-5-9(7-13(11)18)14(19)17-12-4-2-1-3-10(12)8-16/h1-7,18H,8,16H2,(H,17,19). The number of phenols is 1. The van der Waals surface area contributed by atoms with Crippen molar-refractivity contribution >= 4 is 27.5 Å². The smallest absolute Gasteiger partial charge is 0.255 e. The number of nitrogens with two attached hydrogens (primary N) is 1. The Balaban J connectivity index is 2.23. The van der Waals surface area contributed by atoms with Crippen molar-refractivity contribution in [3.8, 4) is 5.75 Å². The molecule has 0 atom stereocenters. The van der Waals surface area contributed by atoms with Gasteiger partial charge in [-0.2, -0.15) is 0 Å². The van der Waals surface area contributed by atoms with Gasteiger partial charge in [-0.05, 0) is 45.8 Å². The maximum Gasteiger partial charge on any atom is 0.255 e. The number of anilines is 1. The average Bonchev–Trinajstić information content (AvgIpc) is 2.42. The highest BCUT2D eigenvalue weighted by molar-refractivity contribution is 9.10. The molecule has 5 heteroatoms. The maximum absolute atomic E-state index is 12.1. The van der Waals surface area contributed by atoms with Gasteiger partial charge in [-0.1, -0.05) is 18.2 Å². The third-order valence-electron chi connectivity index (χ3n) is 2.69. The molecule has 19 heavy (non-hydrogen) atoms. The summed E-state index contributed by atoms with van der Waals surface area (Å²) in [5.41, 5.74) is 7.53. The van der Waals surface area contributed by atoms with Gasteiger partial charge in [0.25, 0.3) is 5.91 Å². The Hall–Kier alpha value is -1.85. The molecule has 0 saturated carbocycles. The Morgan fingerprint density at radius 1 is 1.26 bits per heavy atom. The highest BCUT2D eigenvalue weighted by Gasteiger charge is 2.10. The van der Waals surface area contributed by atoms with Crippen LogP contribution in [0.2, 0.25) is 0 Å². The second kappa shape index (κ2) is 5.86. The number of hydrogen-bond acceptors (Lipinski definition) is 3. The molecule has 0 unspecified atom stereocenters. The Labute approximate surface area is 119 Å². The average molecular weight is 321 g/mol. The number of hydrogen-bond donors (Lipinski definition) is 3. The summed E-state index contributed by atoms with van der Waals surface area (Å²) >= 11 is 3.17. The van der Waals surface area contributed by atoms with Crippen molar-refractivity contribution in [3.63, 3.8) is 0 Å². The largest absolute Gasteiger partial charge is 0.507 e. The normalized spacial score (nSPS) is 10.2. The van der Waals surface area contributed by atoms with Crippen molar-refractivity contribution in [1.82, 2.24) is 0 Å². The van der Waals surface area contributed by atoms with Crippen LogP contribution >= 0.6 is 15.9 Å². The first kappa shape index (κ1) is 13.6. The molecule has 0 aliphatic rings. The fourth-order valence-electron chi connectivity index (χ4n) is 1.67. The van der Waals surface area contributed by atoms with Crippen LogP contribution in [-0.2, 0) is 6.54 Å². The van der Waals surface area contributed by atoms with Crippen molar-refractivity contribution in [2.75, 3.05) is 5.32 Å². The third-order valence-corrected chi connectivity index (χ3v) is 3.36. The predicted molar refractivity (Wildman–Crippen MR) is 78.1 cm³/mol. The molecule has 2 aromatic carbocycles. The quantitative estimate of drug-likeness (QED) is 0.814. The van der Waals surface area contributed by atoms with E-state index in [9.17, 15) is 9.90 Å². The number of aromatic hydroxyl groups is 1. The predicted octanol–water partition coefficient (Wildman–Crippen LogP) is 2.87. The van der Waals surface area contributed by atoms with Crippen LogP contribution in [0.3, 0.4) is 0 Å². The van der Waals surface area contributed by atoms with E-state index in [2.05, 4.69) is 21.2 Å². The van der Waals surface area contributed by atoms with Crippen LogP contribution in [0.1, 0.15) is 15.9 Å². The second-order valence-corrected chi connectivity index (χ2v) is 4.84. The van der Waals surface area contributed by atoms with E-state index in [1.54, 1.807) is 18.2 Å². The molecule has 0 spiro atoms. The summed E-state index contributed by atoms with van der Waals surface area (Å²) in [6.45, 7) is 0.349. The van der Waals surface area contributed by atoms with Gasteiger partial charge in [0.15, 0.2) is 0 Å². The minimum atomic E-state index is -0.288. The molecule has 0 aliphatic heterocycles. The number of para-hydroxylation sites is 1. The second-order valence-electron chi connectivity index (χ2n) is 3.98. The third kappa shape index (κ3) is 3.13. The SMILES string of the molecule is NCc1ccccc1NC(=O)c1ccc(Br)c(O)c1. The van der Waals surface area contributed by atoms with E-state index >= 15 is 0 Å². The minimum Gasteiger partial charge on any atom is -0.507 e. The lowest BCUT2D eigenvalue weighted by atomic mass is 10.1. The lowest BCUT2D eigenvalue weighted by Gasteiger charge is -2.10. The number of phenolic OH excluding ortho intramolecular Hbond substituents is 1. The summed E-state index contributed by atoms with van der Waals surface area (Å²) < 4.78 is 0.548. The summed E-state index contributed by atoms with van der Waals surface area (Å²) in [6, 6.07) is 12.0. The van der Waals surface area contributed by atoms with E-state index in [-0.39, 0.29) is 11.7 Å². The molecule has 0 aromatic heterocycles. The minimum absolute atomic E-state index is 0.0276. The fourth-order valence-corrected chi connectivity index (χ4v) is 1.92. The molecule has 2 aromatic rings. The van der Waals surface area contributed by atoms with Crippen LogP contribution < -0.4 is 11.1 Å². The van der Waals surface area contributed by atoms with Crippen molar-refractivity contribution in [2.24, 2.45) is 5.73 Å². The molecule has 1 amide bonds. The fraction of sp³-hybridized carbons (Fsp3) is 0.0714. The molecule has 4 N–H and O–H groups in total. The summed E-state index contributed by atoms with van der Waals surface area (Å²) in [5, 5.41) is 12.3. The van der Waals surface area contributed by atoms with Gasteiger partial charge in [0.1, 0.15) is 5.75 Å². The van der Waals surface area contributed by atoms with Crippen molar-refractivity contribution in [2.45, 2.75) is 6.54 Å². The summed E-state index contributed by atoms with van der Waals surface area (Å²) in [7, 11) is 0. The highest BCUT2D eigenvalue weighted by atomic mass is 79.9. The summed E-state index contributed by atoms with van der Waals surface area (Å²) in [4.78, 5) is 12.1. The monoisotopic (exact) mass is 320 g/mol. The number of halogens is 1. The van der Waals surface area contributed by atoms with Gasteiger partial charge >= 0.3 is 0 Å². The molecule has 0 radical (unpaired) electrons. The van der Waals surface area contributed by atoms with E-state index in [0.717, 1.165) is 5.56 Å². The highest BCUT2D eigenvalue weighted by Crippen LogP contribution is 2.25. The lowest BCUT2D eigenvalue weighted by molar-refractivity contribution is 0.102. The molecular formula is C14H13BrN2O2. The van der Waals surface area contributed by atoms with Crippen LogP contribution in [-0.4, -0.2) is 11.0 Å². The zero-order valence-corrected chi connectivity index (χ0v) is 11.6. The molecule has 0 aliphatic carbocycles. The van der Waals surface area contributed by atoms with Gasteiger partial charge in [0.05, 0.1) is 4.47 Å². The van der Waals surface area contributed by atoms with Gasteiger partial charge < -0.3 is 16.2 Å². The van der Waals surface area contributed by atoms with Gasteiger partial charge in [0, 0.05) is 17.8 Å². The number of rotatable bonds is 3. The molecule has 0 saturated heterocycles. The molecular weight excluding hydrogens is 308 g/mol. The van der Waals surface area contributed by atoms with E-state index in [1.165, 1.54) is 6.07 Å². The van der Waals surface area contributed by atoms with Gasteiger partial charge in [0.2, 0.25) is 0 Å². The van der Waals surface area contributed by atoms with Gasteiger partial charge in [-0.25, -0.2) is 0 Å². The van der Waals surface area contributed by atoms with E-state index in [4.69, 9.17) is 5.73 Å². The van der Waals surface area contributed by atoms with Crippen LogP contribution in [0.15, 0.2) is 46.9 Å². The Morgan fingerprint density at radius 2 is 2.00 bits per heavy atom. The van der Waals surface area contributed by atoms with Crippen molar-refractivity contribution in [3.05, 3.63) is 58.1 Å². The molecule has 2 rings (SSSR count). The topological polar surface area (TPSA) is 75.3 Å². The first-order chi connectivity index (χ1) is 9.11. The first-order valence-corrected chi connectivity index (χ1v) is 6.49. The Morgan fingerprint density at radius 3 is 2.68 bits per heavy atom. The number of nitrogens with one attached hydrogen (secondary N) is 1. The van der Waals surface area contributed by atoms with Crippen LogP contribution in [0, 0.1) is 0 Å². The van der Waals surface area contributed by atoms with Crippen molar-refractivity contribution < 1.29 is 9.90 Å². The number of benzene rings is 2. The van der Waals surface area contributed by atoms with Crippen LogP contribution in [0.4, 0.5) is 5.69 Å². The summed E-state index contributed by atoms with van der Waals surface area (Å²) in [6.07, 6.45) is 0. The van der Waals surface area contributed by atoms with Crippen LogP contribution in [0.5, 0.6) is 5.75 Å². The van der Waals surface area contributed by atoms with E-state index < -0.39 is 0 Å². The lowest BCUT2D eigenvalue weighted by Crippen LogP contribution is -2.14. The summed E-state index contributed by atoms with van der Waals surface area (Å²) in [5.74, 6) is -0.261. The maximum atomic E-state index is 12.1. The van der Waals surface area contributed by atoms with Gasteiger partial charge in [-0.15, -0.1) is 0 Å². The zero-order valence-electron chi connectivity index (χ0n) is 10.1. The van der Waals surface area contributed by atoms with E-state index in [1.807, 2.05) is 18.2 Å². The first-order valence-electron chi connectivity index (χ1n) is 5.69. The Bertz CT molecular complexity index is 614. The van der Waals surface area contributed by atoms with Crippen LogP contribution in [0.25, 0.3) is 0 Å². The molecule has 98 valence electrons. The molecule has 0 bridgehead atoms. The Kier molecular flexibility index (Phi) is 4.19. The van der Waals surface area contributed by atoms with E-state index in [0.29, 0.717) is 22.3 Å². The van der Waals surface area contributed by atoms with Gasteiger partial charge in [-0.3, -0.25) is 4.79 Å². The molecule has 4 nitrogen and oxygen atoms in total. The van der Waals surface area contributed by atoms with Crippen molar-refractivity contribution in [1.29, 1.82) is 0 Å². The number of carbonyl (C=O) groups excluding carboxylic acids is 1. The zero-order chi connectivity index (χ0) is 13.8. The molecule has 0 fully saturated rings. The number of carbonyl (C=O) groups is 1. The molecule has 0 heterocycles. The number of amides is 1.